The number of hydrogen-bond acceptors (Lipinski definition) is 3. The van der Waals surface area contributed by atoms with Crippen LogP contribution >= 0.6 is 0 Å². The SMILES string of the molecule is Cn1c(-c2n[nH]c3c(OCc4ccccc4)cccc23)nc2ccccc21. The van der Waals surface area contributed by atoms with Crippen LogP contribution in [0.2, 0.25) is 0 Å². The van der Waals surface area contributed by atoms with E-state index in [0.29, 0.717) is 6.61 Å². The fourth-order valence-electron chi connectivity index (χ4n) is 3.40. The lowest BCUT2D eigenvalue weighted by molar-refractivity contribution is 0.309. The second kappa shape index (κ2) is 6.29. The van der Waals surface area contributed by atoms with E-state index in [0.717, 1.165) is 44.8 Å². The first-order valence-electron chi connectivity index (χ1n) is 8.87. The summed E-state index contributed by atoms with van der Waals surface area (Å²) in [7, 11) is 2.01. The number of hydrogen-bond donors (Lipinski definition) is 1. The first-order valence-corrected chi connectivity index (χ1v) is 8.87. The molecule has 0 fully saturated rings. The predicted octanol–water partition coefficient (Wildman–Crippen LogP) is 4.70. The molecule has 3 aromatic carbocycles. The minimum atomic E-state index is 0.514. The van der Waals surface area contributed by atoms with Crippen molar-refractivity contribution in [3.63, 3.8) is 0 Å². The van der Waals surface area contributed by atoms with Gasteiger partial charge in [-0.15, -0.1) is 0 Å². The molecule has 2 heterocycles. The lowest BCUT2D eigenvalue weighted by Crippen LogP contribution is -1.95. The Morgan fingerprint density at radius 2 is 1.74 bits per heavy atom. The molecule has 0 aliphatic heterocycles. The molecule has 5 heteroatoms. The van der Waals surface area contributed by atoms with Gasteiger partial charge in [-0.1, -0.05) is 54.6 Å². The minimum absolute atomic E-state index is 0.514. The molecule has 5 rings (SSSR count). The highest BCUT2D eigenvalue weighted by atomic mass is 16.5. The van der Waals surface area contributed by atoms with E-state index in [1.807, 2.05) is 61.6 Å². The average molecular weight is 354 g/mol. The van der Waals surface area contributed by atoms with Crippen LogP contribution in [-0.4, -0.2) is 19.7 Å². The summed E-state index contributed by atoms with van der Waals surface area (Å²) >= 11 is 0. The molecule has 0 amide bonds. The summed E-state index contributed by atoms with van der Waals surface area (Å²) in [6.45, 7) is 0.514. The first-order chi connectivity index (χ1) is 13.3. The van der Waals surface area contributed by atoms with E-state index in [-0.39, 0.29) is 0 Å². The second-order valence-electron chi connectivity index (χ2n) is 6.51. The zero-order valence-corrected chi connectivity index (χ0v) is 14.9. The standard InChI is InChI=1S/C22H18N4O/c1-26-18-12-6-5-11-17(18)23-22(26)21-16-10-7-13-19(20(16)24-25-21)27-14-15-8-3-2-4-9-15/h2-13H,14H2,1H3,(H,24,25). The maximum absolute atomic E-state index is 6.05. The normalized spacial score (nSPS) is 11.3. The second-order valence-corrected chi connectivity index (χ2v) is 6.51. The number of rotatable bonds is 4. The molecule has 1 N–H and O–H groups in total. The lowest BCUT2D eigenvalue weighted by Gasteiger charge is -2.07. The number of aryl methyl sites for hydroxylation is 1. The molecule has 27 heavy (non-hydrogen) atoms. The molecular formula is C22H18N4O. The highest BCUT2D eigenvalue weighted by Crippen LogP contribution is 2.32. The van der Waals surface area contributed by atoms with Crippen molar-refractivity contribution in [2.45, 2.75) is 6.61 Å². The molecule has 0 radical (unpaired) electrons. The van der Waals surface area contributed by atoms with Crippen LogP contribution in [-0.2, 0) is 13.7 Å². The van der Waals surface area contributed by atoms with Crippen molar-refractivity contribution in [1.82, 2.24) is 19.7 Å². The Balaban J connectivity index is 1.56. The number of nitrogens with zero attached hydrogens (tertiary/aromatic N) is 3. The van der Waals surface area contributed by atoms with Crippen LogP contribution in [0.1, 0.15) is 5.56 Å². The summed E-state index contributed by atoms with van der Waals surface area (Å²) in [5, 5.41) is 8.68. The monoisotopic (exact) mass is 354 g/mol. The number of imidazole rings is 1. The molecule has 0 saturated heterocycles. The highest BCUT2D eigenvalue weighted by molar-refractivity contribution is 5.96. The smallest absolute Gasteiger partial charge is 0.162 e. The fraction of sp³-hybridized carbons (Fsp3) is 0.0909. The molecule has 0 unspecified atom stereocenters. The van der Waals surface area contributed by atoms with Crippen molar-refractivity contribution in [1.29, 1.82) is 0 Å². The van der Waals surface area contributed by atoms with Gasteiger partial charge in [-0.2, -0.15) is 5.10 Å². The van der Waals surface area contributed by atoms with Crippen LogP contribution in [0.15, 0.2) is 72.8 Å². The Kier molecular flexibility index (Phi) is 3.64. The summed E-state index contributed by atoms with van der Waals surface area (Å²) in [5.74, 6) is 1.62. The van der Waals surface area contributed by atoms with Crippen molar-refractivity contribution in [2.24, 2.45) is 7.05 Å². The van der Waals surface area contributed by atoms with Crippen LogP contribution in [0.4, 0.5) is 0 Å². The lowest BCUT2D eigenvalue weighted by atomic mass is 10.2. The summed E-state index contributed by atoms with van der Waals surface area (Å²) in [4.78, 5) is 4.77. The number of benzene rings is 3. The van der Waals surface area contributed by atoms with Crippen molar-refractivity contribution in [3.05, 3.63) is 78.4 Å². The van der Waals surface area contributed by atoms with Gasteiger partial charge in [0.05, 0.1) is 11.0 Å². The van der Waals surface area contributed by atoms with Crippen LogP contribution < -0.4 is 4.74 Å². The zero-order valence-electron chi connectivity index (χ0n) is 14.9. The third kappa shape index (κ3) is 2.64. The van der Waals surface area contributed by atoms with E-state index >= 15 is 0 Å². The summed E-state index contributed by atoms with van der Waals surface area (Å²) in [6.07, 6.45) is 0. The van der Waals surface area contributed by atoms with Gasteiger partial charge in [0.2, 0.25) is 0 Å². The van der Waals surface area contributed by atoms with Crippen LogP contribution in [0.25, 0.3) is 33.5 Å². The maximum atomic E-state index is 6.05. The topological polar surface area (TPSA) is 55.7 Å². The number of fused-ring (bicyclic) bond motifs is 2. The van der Waals surface area contributed by atoms with Crippen molar-refractivity contribution >= 4 is 21.9 Å². The Labute approximate surface area is 156 Å². The van der Waals surface area contributed by atoms with Gasteiger partial charge in [0.1, 0.15) is 23.6 Å². The van der Waals surface area contributed by atoms with E-state index < -0.39 is 0 Å². The van der Waals surface area contributed by atoms with Gasteiger partial charge in [-0.3, -0.25) is 5.10 Å². The summed E-state index contributed by atoms with van der Waals surface area (Å²) in [6, 6.07) is 24.2. The van der Waals surface area contributed by atoms with Crippen LogP contribution in [0, 0.1) is 0 Å². The van der Waals surface area contributed by atoms with Crippen molar-refractivity contribution in [2.75, 3.05) is 0 Å². The predicted molar refractivity (Wildman–Crippen MR) is 107 cm³/mol. The van der Waals surface area contributed by atoms with Gasteiger partial charge >= 0.3 is 0 Å². The molecule has 0 saturated carbocycles. The number of nitrogens with one attached hydrogen (secondary N) is 1. The van der Waals surface area contributed by atoms with Crippen molar-refractivity contribution < 1.29 is 4.74 Å². The van der Waals surface area contributed by atoms with Gasteiger partial charge < -0.3 is 9.30 Å². The first kappa shape index (κ1) is 15.6. The minimum Gasteiger partial charge on any atom is -0.487 e. The van der Waals surface area contributed by atoms with Gasteiger partial charge in [0.15, 0.2) is 5.82 Å². The number of aromatic amines is 1. The molecular weight excluding hydrogens is 336 g/mol. The largest absolute Gasteiger partial charge is 0.487 e. The molecule has 132 valence electrons. The average Bonchev–Trinajstić information content (AvgIpc) is 3.29. The quantitative estimate of drug-likeness (QED) is 0.509. The van der Waals surface area contributed by atoms with Crippen LogP contribution in [0.5, 0.6) is 5.75 Å². The number of para-hydroxylation sites is 3. The van der Waals surface area contributed by atoms with E-state index in [2.05, 4.69) is 33.0 Å². The number of aromatic nitrogens is 4. The fourth-order valence-corrected chi connectivity index (χ4v) is 3.40. The molecule has 0 aliphatic carbocycles. The Hall–Kier alpha value is -3.60. The molecule has 2 aromatic heterocycles. The third-order valence-electron chi connectivity index (χ3n) is 4.80. The van der Waals surface area contributed by atoms with Gasteiger partial charge in [0.25, 0.3) is 0 Å². The summed E-state index contributed by atoms with van der Waals surface area (Å²) in [5.41, 5.74) is 4.89. The van der Waals surface area contributed by atoms with Crippen molar-refractivity contribution in [3.8, 4) is 17.3 Å². The molecule has 5 nitrogen and oxygen atoms in total. The highest BCUT2D eigenvalue weighted by Gasteiger charge is 2.17. The third-order valence-corrected chi connectivity index (χ3v) is 4.80. The number of H-pyrrole nitrogens is 1. The van der Waals surface area contributed by atoms with E-state index in [1.165, 1.54) is 0 Å². The molecule has 0 spiro atoms. The van der Waals surface area contributed by atoms with Gasteiger partial charge in [0, 0.05) is 12.4 Å². The number of ether oxygens (including phenoxy) is 1. The Morgan fingerprint density at radius 3 is 2.59 bits per heavy atom. The van der Waals surface area contributed by atoms with E-state index in [9.17, 15) is 0 Å². The van der Waals surface area contributed by atoms with E-state index in [1.54, 1.807) is 0 Å². The Morgan fingerprint density at radius 1 is 0.926 bits per heavy atom. The van der Waals surface area contributed by atoms with Crippen LogP contribution in [0.3, 0.4) is 0 Å². The molecule has 0 atom stereocenters. The summed E-state index contributed by atoms with van der Waals surface area (Å²) < 4.78 is 8.12. The molecule has 5 aromatic rings. The molecule has 0 aliphatic rings. The van der Waals surface area contributed by atoms with Gasteiger partial charge in [-0.25, -0.2) is 4.98 Å². The maximum Gasteiger partial charge on any atom is 0.162 e. The molecule has 0 bridgehead atoms. The zero-order chi connectivity index (χ0) is 18.2. The van der Waals surface area contributed by atoms with Gasteiger partial charge in [-0.05, 0) is 23.8 Å². The van der Waals surface area contributed by atoms with E-state index in [4.69, 9.17) is 9.72 Å². The Bertz CT molecular complexity index is 1240.